The maximum Gasteiger partial charge on any atom is 0.331 e. The molecule has 0 aromatic rings. The Morgan fingerprint density at radius 3 is 2.55 bits per heavy atom. The Bertz CT molecular complexity index is 151. The second kappa shape index (κ2) is 4.91. The molecule has 0 saturated heterocycles. The minimum Gasteiger partial charge on any atom is -0.478 e. The topological polar surface area (TPSA) is 57.5 Å². The Kier molecular flexibility index (Phi) is 4.54. The minimum absolute atomic E-state index is 0.0750. The average Bonchev–Trinajstić information content (AvgIpc) is 1.87. The molecule has 0 aliphatic carbocycles. The summed E-state index contributed by atoms with van der Waals surface area (Å²) in [6.45, 7) is 5.25. The number of aliphatic carboxylic acids is 1. The van der Waals surface area contributed by atoms with Gasteiger partial charge in [-0.25, -0.2) is 4.79 Å². The molecule has 0 unspecified atom stereocenters. The fourth-order valence-electron chi connectivity index (χ4n) is 0.807. The zero-order valence-electron chi connectivity index (χ0n) is 6.71. The van der Waals surface area contributed by atoms with Crippen LogP contribution < -0.4 is 0 Å². The largest absolute Gasteiger partial charge is 0.478 e. The summed E-state index contributed by atoms with van der Waals surface area (Å²) in [5, 5.41) is 17.5. The first-order valence-electron chi connectivity index (χ1n) is 3.67. The van der Waals surface area contributed by atoms with Gasteiger partial charge in [-0.15, -0.1) is 0 Å². The van der Waals surface area contributed by atoms with Crippen molar-refractivity contribution in [2.24, 2.45) is 0 Å². The van der Waals surface area contributed by atoms with Crippen molar-refractivity contribution in [2.45, 2.75) is 32.3 Å². The molecule has 0 saturated carbocycles. The van der Waals surface area contributed by atoms with E-state index in [0.717, 1.165) is 6.42 Å². The van der Waals surface area contributed by atoms with Gasteiger partial charge in [0.1, 0.15) is 0 Å². The third kappa shape index (κ3) is 4.56. The highest BCUT2D eigenvalue weighted by Gasteiger charge is 2.09. The number of aliphatic hydroxyl groups excluding tert-OH is 1. The minimum atomic E-state index is -1.03. The Hall–Kier alpha value is -0.830. The molecule has 0 radical (unpaired) electrons. The van der Waals surface area contributed by atoms with Crippen molar-refractivity contribution < 1.29 is 15.0 Å². The molecule has 3 nitrogen and oxygen atoms in total. The normalized spacial score (nSPS) is 12.5. The second-order valence-corrected chi connectivity index (χ2v) is 2.56. The lowest BCUT2D eigenvalue weighted by Crippen LogP contribution is -2.11. The highest BCUT2D eigenvalue weighted by atomic mass is 16.4. The third-order valence-electron chi connectivity index (χ3n) is 1.41. The molecular weight excluding hydrogens is 144 g/mol. The van der Waals surface area contributed by atoms with Crippen LogP contribution >= 0.6 is 0 Å². The van der Waals surface area contributed by atoms with E-state index in [-0.39, 0.29) is 12.0 Å². The molecule has 0 bridgehead atoms. The fourth-order valence-corrected chi connectivity index (χ4v) is 0.807. The molecule has 0 heterocycles. The predicted molar refractivity (Wildman–Crippen MR) is 42.3 cm³/mol. The van der Waals surface area contributed by atoms with Crippen LogP contribution in [0.15, 0.2) is 12.2 Å². The van der Waals surface area contributed by atoms with E-state index in [2.05, 4.69) is 6.58 Å². The summed E-state index contributed by atoms with van der Waals surface area (Å²) in [6, 6.07) is 0. The Balaban J connectivity index is 3.66. The average molecular weight is 158 g/mol. The first kappa shape index (κ1) is 10.2. The third-order valence-corrected chi connectivity index (χ3v) is 1.41. The van der Waals surface area contributed by atoms with Crippen LogP contribution in [0.3, 0.4) is 0 Å². The standard InChI is InChI=1S/C8H14O3/c1-3-4-7(9)5-6(2)8(10)11/h7,9H,2-5H2,1H3,(H,10,11)/t7-/m0/s1. The van der Waals surface area contributed by atoms with Crippen LogP contribution in [0, 0.1) is 0 Å². The lowest BCUT2D eigenvalue weighted by atomic mass is 10.1. The van der Waals surface area contributed by atoms with Crippen molar-refractivity contribution in [2.75, 3.05) is 0 Å². The van der Waals surface area contributed by atoms with Gasteiger partial charge in [0.25, 0.3) is 0 Å². The quantitative estimate of drug-likeness (QED) is 0.590. The van der Waals surface area contributed by atoms with Gasteiger partial charge >= 0.3 is 5.97 Å². The molecular formula is C8H14O3. The zero-order chi connectivity index (χ0) is 8.85. The van der Waals surface area contributed by atoms with Crippen LogP contribution in [0.25, 0.3) is 0 Å². The van der Waals surface area contributed by atoms with Crippen molar-refractivity contribution in [1.29, 1.82) is 0 Å². The van der Waals surface area contributed by atoms with E-state index in [0.29, 0.717) is 6.42 Å². The summed E-state index contributed by atoms with van der Waals surface area (Å²) in [4.78, 5) is 10.2. The van der Waals surface area contributed by atoms with Gasteiger partial charge in [0.15, 0.2) is 0 Å². The smallest absolute Gasteiger partial charge is 0.331 e. The maximum atomic E-state index is 10.2. The molecule has 0 aromatic carbocycles. The van der Waals surface area contributed by atoms with Crippen molar-refractivity contribution >= 4 is 5.97 Å². The van der Waals surface area contributed by atoms with E-state index in [1.807, 2.05) is 6.92 Å². The van der Waals surface area contributed by atoms with E-state index in [9.17, 15) is 4.79 Å². The molecule has 64 valence electrons. The molecule has 0 fully saturated rings. The summed E-state index contributed by atoms with van der Waals surface area (Å²) in [6.07, 6.45) is 1.10. The highest BCUT2D eigenvalue weighted by Crippen LogP contribution is 2.07. The SMILES string of the molecule is C=C(C[C@@H](O)CCC)C(=O)O. The van der Waals surface area contributed by atoms with E-state index < -0.39 is 12.1 Å². The van der Waals surface area contributed by atoms with Crippen molar-refractivity contribution in [3.05, 3.63) is 12.2 Å². The molecule has 1 atom stereocenters. The molecule has 0 aliphatic heterocycles. The number of carboxylic acid groups (broad SMARTS) is 1. The molecule has 0 rings (SSSR count). The van der Waals surface area contributed by atoms with Crippen LogP contribution in [-0.2, 0) is 4.79 Å². The number of aliphatic hydroxyl groups is 1. The second-order valence-electron chi connectivity index (χ2n) is 2.56. The van der Waals surface area contributed by atoms with Crippen molar-refractivity contribution in [3.8, 4) is 0 Å². The first-order chi connectivity index (χ1) is 5.07. The number of hydrogen-bond donors (Lipinski definition) is 2. The zero-order valence-corrected chi connectivity index (χ0v) is 6.71. The Morgan fingerprint density at radius 1 is 1.64 bits per heavy atom. The van der Waals surface area contributed by atoms with Gasteiger partial charge in [-0.05, 0) is 6.42 Å². The lowest BCUT2D eigenvalue weighted by Gasteiger charge is -2.07. The van der Waals surface area contributed by atoms with Crippen molar-refractivity contribution in [3.63, 3.8) is 0 Å². The number of hydrogen-bond acceptors (Lipinski definition) is 2. The van der Waals surface area contributed by atoms with Crippen LogP contribution in [0.4, 0.5) is 0 Å². The van der Waals surface area contributed by atoms with Crippen LogP contribution in [0.1, 0.15) is 26.2 Å². The van der Waals surface area contributed by atoms with Gasteiger partial charge in [0.2, 0.25) is 0 Å². The molecule has 0 aromatic heterocycles. The van der Waals surface area contributed by atoms with Gasteiger partial charge in [0.05, 0.1) is 6.10 Å². The van der Waals surface area contributed by atoms with Crippen LogP contribution in [0.5, 0.6) is 0 Å². The molecule has 0 aliphatic rings. The molecule has 0 amide bonds. The fraction of sp³-hybridized carbons (Fsp3) is 0.625. The monoisotopic (exact) mass is 158 g/mol. The maximum absolute atomic E-state index is 10.2. The first-order valence-corrected chi connectivity index (χ1v) is 3.67. The number of carbonyl (C=O) groups is 1. The van der Waals surface area contributed by atoms with Gasteiger partial charge in [-0.2, -0.15) is 0 Å². The Morgan fingerprint density at radius 2 is 2.18 bits per heavy atom. The summed E-state index contributed by atoms with van der Waals surface area (Å²) in [5.74, 6) is -1.03. The van der Waals surface area contributed by atoms with E-state index in [1.165, 1.54) is 0 Å². The van der Waals surface area contributed by atoms with Crippen LogP contribution in [0.2, 0.25) is 0 Å². The molecule has 3 heteroatoms. The summed E-state index contributed by atoms with van der Waals surface area (Å²) < 4.78 is 0. The number of carboxylic acids is 1. The Labute approximate surface area is 66.4 Å². The van der Waals surface area contributed by atoms with Gasteiger partial charge in [-0.3, -0.25) is 0 Å². The van der Waals surface area contributed by atoms with Gasteiger partial charge in [-0.1, -0.05) is 19.9 Å². The molecule has 2 N–H and O–H groups in total. The summed E-state index contributed by atoms with van der Waals surface area (Å²) in [7, 11) is 0. The number of rotatable bonds is 5. The molecule has 11 heavy (non-hydrogen) atoms. The highest BCUT2D eigenvalue weighted by molar-refractivity contribution is 5.85. The lowest BCUT2D eigenvalue weighted by molar-refractivity contribution is -0.133. The van der Waals surface area contributed by atoms with Gasteiger partial charge < -0.3 is 10.2 Å². The molecule has 0 spiro atoms. The van der Waals surface area contributed by atoms with E-state index in [1.54, 1.807) is 0 Å². The summed E-state index contributed by atoms with van der Waals surface area (Å²) in [5.41, 5.74) is 0.0750. The predicted octanol–water partition coefficient (Wildman–Crippen LogP) is 1.18. The summed E-state index contributed by atoms with van der Waals surface area (Å²) >= 11 is 0. The van der Waals surface area contributed by atoms with Crippen molar-refractivity contribution in [1.82, 2.24) is 0 Å². The van der Waals surface area contributed by atoms with Crippen LogP contribution in [-0.4, -0.2) is 22.3 Å². The van der Waals surface area contributed by atoms with Gasteiger partial charge in [0, 0.05) is 12.0 Å². The van der Waals surface area contributed by atoms with E-state index in [4.69, 9.17) is 10.2 Å². The van der Waals surface area contributed by atoms with E-state index >= 15 is 0 Å².